The molecule has 0 unspecified atom stereocenters. The largest absolute Gasteiger partial charge is 0.464 e. The van der Waals surface area contributed by atoms with Crippen molar-refractivity contribution < 1.29 is 14.3 Å². The van der Waals surface area contributed by atoms with E-state index < -0.39 is 5.97 Å². The Hall–Kier alpha value is -1.72. The van der Waals surface area contributed by atoms with E-state index in [0.29, 0.717) is 21.3 Å². The molecule has 0 aliphatic carbocycles. The van der Waals surface area contributed by atoms with Crippen LogP contribution in [0.4, 0.5) is 0 Å². The van der Waals surface area contributed by atoms with Crippen LogP contribution in [-0.2, 0) is 11.2 Å². The molecule has 1 aromatic heterocycles. The van der Waals surface area contributed by atoms with Crippen LogP contribution in [-0.4, -0.2) is 23.8 Å². The number of carbonyl (C=O) groups excluding carboxylic acids is 2. The first-order valence-electron chi connectivity index (χ1n) is 5.84. The summed E-state index contributed by atoms with van der Waals surface area (Å²) in [5.74, 6) is -0.779. The summed E-state index contributed by atoms with van der Waals surface area (Å²) in [6.45, 7) is 1.41. The Kier molecular flexibility index (Phi) is 4.52. The number of hydrogen-bond acceptors (Lipinski definition) is 5. The van der Waals surface area contributed by atoms with Crippen molar-refractivity contribution in [3.63, 3.8) is 0 Å². The van der Waals surface area contributed by atoms with Crippen LogP contribution in [0, 0.1) is 0 Å². The molecule has 20 heavy (non-hydrogen) atoms. The van der Waals surface area contributed by atoms with Crippen LogP contribution >= 0.6 is 22.9 Å². The minimum Gasteiger partial charge on any atom is -0.464 e. The smallest absolute Gasteiger partial charge is 0.358 e. The Bertz CT molecular complexity index is 649. The van der Waals surface area contributed by atoms with Crippen LogP contribution in [0.15, 0.2) is 24.3 Å². The monoisotopic (exact) mass is 309 g/mol. The number of thiazole rings is 1. The summed E-state index contributed by atoms with van der Waals surface area (Å²) in [7, 11) is 1.27. The van der Waals surface area contributed by atoms with Crippen LogP contribution in [0.5, 0.6) is 0 Å². The van der Waals surface area contributed by atoms with Gasteiger partial charge in [-0.05, 0) is 17.7 Å². The molecular weight excluding hydrogens is 298 g/mol. The molecule has 0 spiro atoms. The van der Waals surface area contributed by atoms with Crippen molar-refractivity contribution in [2.24, 2.45) is 0 Å². The summed E-state index contributed by atoms with van der Waals surface area (Å²) in [4.78, 5) is 27.7. The summed E-state index contributed by atoms with van der Waals surface area (Å²) in [6.07, 6.45) is 0.541. The molecule has 6 heteroatoms. The zero-order valence-corrected chi connectivity index (χ0v) is 12.5. The van der Waals surface area contributed by atoms with E-state index >= 15 is 0 Å². The molecule has 0 N–H and O–H groups in total. The summed E-state index contributed by atoms with van der Waals surface area (Å²) in [5.41, 5.74) is 1.10. The summed E-state index contributed by atoms with van der Waals surface area (Å²) in [5, 5.41) is 1.35. The zero-order chi connectivity index (χ0) is 14.7. The second-order valence-corrected chi connectivity index (χ2v) is 5.66. The van der Waals surface area contributed by atoms with Gasteiger partial charge in [0.05, 0.1) is 12.1 Å². The van der Waals surface area contributed by atoms with Gasteiger partial charge in [-0.25, -0.2) is 9.78 Å². The highest BCUT2D eigenvalue weighted by Gasteiger charge is 2.21. The number of ether oxygens (including phenoxy) is 1. The number of benzene rings is 1. The van der Waals surface area contributed by atoms with Gasteiger partial charge in [0.1, 0.15) is 4.88 Å². The van der Waals surface area contributed by atoms with Crippen molar-refractivity contribution in [3.8, 4) is 0 Å². The third-order valence-electron chi connectivity index (χ3n) is 2.64. The quantitative estimate of drug-likeness (QED) is 0.642. The zero-order valence-electron chi connectivity index (χ0n) is 11.0. The summed E-state index contributed by atoms with van der Waals surface area (Å²) < 4.78 is 4.64. The molecule has 0 fully saturated rings. The van der Waals surface area contributed by atoms with Gasteiger partial charge in [-0.15, -0.1) is 11.3 Å². The fourth-order valence-corrected chi connectivity index (χ4v) is 2.80. The van der Waals surface area contributed by atoms with Crippen LogP contribution in [0.25, 0.3) is 0 Å². The van der Waals surface area contributed by atoms with E-state index in [1.165, 1.54) is 25.4 Å². The van der Waals surface area contributed by atoms with E-state index in [2.05, 4.69) is 9.72 Å². The molecule has 0 amide bonds. The standard InChI is InChI=1S/C14H12ClNO3S/c1-8(17)13-12(14(18)19-2)16-11(20-13)7-9-3-5-10(15)6-4-9/h3-6H,7H2,1-2H3. The average Bonchev–Trinajstić information content (AvgIpc) is 2.84. The minimum atomic E-state index is -0.589. The predicted molar refractivity (Wildman–Crippen MR) is 77.7 cm³/mol. The number of ketones is 1. The first-order valence-corrected chi connectivity index (χ1v) is 7.04. The maximum absolute atomic E-state index is 11.6. The van der Waals surface area contributed by atoms with Gasteiger partial charge in [-0.2, -0.15) is 0 Å². The first-order chi connectivity index (χ1) is 9.51. The van der Waals surface area contributed by atoms with Crippen molar-refractivity contribution in [3.05, 3.63) is 50.4 Å². The van der Waals surface area contributed by atoms with Crippen molar-refractivity contribution in [1.82, 2.24) is 4.98 Å². The highest BCUT2D eigenvalue weighted by molar-refractivity contribution is 7.14. The van der Waals surface area contributed by atoms with Gasteiger partial charge in [0.25, 0.3) is 0 Å². The number of methoxy groups -OCH3 is 1. The van der Waals surface area contributed by atoms with Gasteiger partial charge >= 0.3 is 5.97 Å². The maximum Gasteiger partial charge on any atom is 0.358 e. The molecule has 1 aromatic carbocycles. The lowest BCUT2D eigenvalue weighted by atomic mass is 10.2. The lowest BCUT2D eigenvalue weighted by molar-refractivity contribution is 0.0591. The number of Topliss-reactive ketones (excluding diaryl/α,β-unsaturated/α-hetero) is 1. The third kappa shape index (κ3) is 3.23. The predicted octanol–water partition coefficient (Wildman–Crippen LogP) is 3.38. The number of aromatic nitrogens is 1. The number of rotatable bonds is 4. The second-order valence-electron chi connectivity index (χ2n) is 4.14. The van der Waals surface area contributed by atoms with Crippen molar-refractivity contribution in [1.29, 1.82) is 0 Å². The highest BCUT2D eigenvalue weighted by atomic mass is 35.5. The molecule has 0 aliphatic heterocycles. The summed E-state index contributed by atoms with van der Waals surface area (Å²) in [6, 6.07) is 7.35. The van der Waals surface area contributed by atoms with Gasteiger partial charge in [0.2, 0.25) is 0 Å². The van der Waals surface area contributed by atoms with E-state index in [9.17, 15) is 9.59 Å². The summed E-state index contributed by atoms with van der Waals surface area (Å²) >= 11 is 7.04. The molecule has 0 saturated carbocycles. The highest BCUT2D eigenvalue weighted by Crippen LogP contribution is 2.23. The lowest BCUT2D eigenvalue weighted by Crippen LogP contribution is -2.07. The Balaban J connectivity index is 2.31. The molecule has 104 valence electrons. The molecule has 0 saturated heterocycles. The van der Waals surface area contributed by atoms with Crippen LogP contribution in [0.2, 0.25) is 5.02 Å². The second kappa shape index (κ2) is 6.15. The van der Waals surface area contributed by atoms with Crippen LogP contribution in [0.3, 0.4) is 0 Å². The molecular formula is C14H12ClNO3S. The minimum absolute atomic E-state index is 0.0916. The van der Waals surface area contributed by atoms with Gasteiger partial charge in [-0.3, -0.25) is 4.79 Å². The Labute approximate surface area is 125 Å². The van der Waals surface area contributed by atoms with Gasteiger partial charge in [-0.1, -0.05) is 23.7 Å². The molecule has 1 heterocycles. The molecule has 2 rings (SSSR count). The normalized spacial score (nSPS) is 10.3. The molecule has 0 bridgehead atoms. The maximum atomic E-state index is 11.6. The Morgan fingerprint density at radius 3 is 2.50 bits per heavy atom. The number of nitrogens with zero attached hydrogens (tertiary/aromatic N) is 1. The molecule has 2 aromatic rings. The fourth-order valence-electron chi connectivity index (χ4n) is 1.69. The van der Waals surface area contributed by atoms with E-state index in [-0.39, 0.29) is 11.5 Å². The van der Waals surface area contributed by atoms with Crippen molar-refractivity contribution >= 4 is 34.7 Å². The van der Waals surface area contributed by atoms with E-state index in [0.717, 1.165) is 5.56 Å². The number of hydrogen-bond donors (Lipinski definition) is 0. The Morgan fingerprint density at radius 1 is 1.30 bits per heavy atom. The van der Waals surface area contributed by atoms with Gasteiger partial charge in [0, 0.05) is 18.4 Å². The fraction of sp³-hybridized carbons (Fsp3) is 0.214. The van der Waals surface area contributed by atoms with E-state index in [1.54, 1.807) is 12.1 Å². The van der Waals surface area contributed by atoms with Crippen molar-refractivity contribution in [2.45, 2.75) is 13.3 Å². The molecule has 0 aliphatic rings. The molecule has 4 nitrogen and oxygen atoms in total. The average molecular weight is 310 g/mol. The number of carbonyl (C=O) groups is 2. The molecule has 0 atom stereocenters. The van der Waals surface area contributed by atoms with Gasteiger partial charge < -0.3 is 4.74 Å². The topological polar surface area (TPSA) is 56.3 Å². The number of esters is 1. The molecule has 0 radical (unpaired) electrons. The van der Waals surface area contributed by atoms with Crippen LogP contribution < -0.4 is 0 Å². The van der Waals surface area contributed by atoms with E-state index in [1.807, 2.05) is 12.1 Å². The SMILES string of the molecule is COC(=O)c1nc(Cc2ccc(Cl)cc2)sc1C(C)=O. The van der Waals surface area contributed by atoms with Crippen LogP contribution in [0.1, 0.15) is 37.7 Å². The van der Waals surface area contributed by atoms with Gasteiger partial charge in [0.15, 0.2) is 11.5 Å². The lowest BCUT2D eigenvalue weighted by Gasteiger charge is -1.97. The van der Waals surface area contributed by atoms with Crippen molar-refractivity contribution in [2.75, 3.05) is 7.11 Å². The third-order valence-corrected chi connectivity index (χ3v) is 4.05. The first kappa shape index (κ1) is 14.7. The Morgan fingerprint density at radius 2 is 1.95 bits per heavy atom. The van der Waals surface area contributed by atoms with E-state index in [4.69, 9.17) is 11.6 Å². The number of halogens is 1.